The molecule has 1 aliphatic rings. The van der Waals surface area contributed by atoms with Gasteiger partial charge in [0.2, 0.25) is 5.91 Å². The minimum absolute atomic E-state index is 0.179. The maximum absolute atomic E-state index is 13.7. The highest BCUT2D eigenvalue weighted by molar-refractivity contribution is 5.99. The summed E-state index contributed by atoms with van der Waals surface area (Å²) >= 11 is 0. The summed E-state index contributed by atoms with van der Waals surface area (Å²) < 4.78 is 1.71. The molecule has 6 heteroatoms. The van der Waals surface area contributed by atoms with Crippen LogP contribution in [-0.2, 0) is 29.8 Å². The summed E-state index contributed by atoms with van der Waals surface area (Å²) in [6, 6.07) is 19.7. The first kappa shape index (κ1) is 22.8. The second kappa shape index (κ2) is 8.50. The number of nitrogens with zero attached hydrogens (tertiary/aromatic N) is 3. The number of nitrogens with one attached hydrogen (secondary N) is 1. The van der Waals surface area contributed by atoms with E-state index in [0.717, 1.165) is 22.4 Å². The average Bonchev–Trinajstić information content (AvgIpc) is 3.21. The highest BCUT2D eigenvalue weighted by Gasteiger charge is 2.48. The van der Waals surface area contributed by atoms with Gasteiger partial charge in [0.05, 0.1) is 12.2 Å². The van der Waals surface area contributed by atoms with Crippen LogP contribution in [0.1, 0.15) is 60.6 Å². The Kier molecular flexibility index (Phi) is 5.87. The third kappa shape index (κ3) is 4.56. The van der Waals surface area contributed by atoms with Crippen LogP contribution < -0.4 is 5.32 Å². The third-order valence-electron chi connectivity index (χ3n) is 6.31. The lowest BCUT2D eigenvalue weighted by Gasteiger charge is -2.43. The summed E-state index contributed by atoms with van der Waals surface area (Å²) in [5, 5.41) is 7.76. The van der Waals surface area contributed by atoms with E-state index in [2.05, 4.69) is 26.1 Å². The molecule has 2 aromatic carbocycles. The van der Waals surface area contributed by atoms with Gasteiger partial charge in [0.25, 0.3) is 5.91 Å². The summed E-state index contributed by atoms with van der Waals surface area (Å²) in [6.45, 7) is 11.1. The largest absolute Gasteiger partial charge is 0.350 e. The normalized spacial score (nSPS) is 18.2. The summed E-state index contributed by atoms with van der Waals surface area (Å²) in [6.07, 6.45) is 0. The van der Waals surface area contributed by atoms with Crippen molar-refractivity contribution < 1.29 is 9.59 Å². The minimum Gasteiger partial charge on any atom is -0.350 e. The molecule has 33 heavy (non-hydrogen) atoms. The SMILES string of the molecule is Cc1ccc(CN2C(=O)c3cc(C(C)(C)C)nn3C[C@@]2(C)C(=O)NCc2ccccc2)cc1. The van der Waals surface area contributed by atoms with Crippen molar-refractivity contribution in [3.63, 3.8) is 0 Å². The van der Waals surface area contributed by atoms with Gasteiger partial charge in [-0.3, -0.25) is 14.3 Å². The number of aromatic nitrogens is 2. The molecule has 0 saturated carbocycles. The fourth-order valence-electron chi connectivity index (χ4n) is 4.10. The second-order valence-corrected chi connectivity index (χ2v) is 10.1. The molecule has 0 saturated heterocycles. The molecule has 0 radical (unpaired) electrons. The maximum atomic E-state index is 13.7. The summed E-state index contributed by atoms with van der Waals surface area (Å²) in [4.78, 5) is 29.0. The zero-order valence-corrected chi connectivity index (χ0v) is 20.1. The zero-order valence-electron chi connectivity index (χ0n) is 20.1. The van der Waals surface area contributed by atoms with Crippen molar-refractivity contribution in [3.05, 3.63) is 88.7 Å². The minimum atomic E-state index is -1.08. The zero-order chi connectivity index (χ0) is 23.8. The van der Waals surface area contributed by atoms with E-state index >= 15 is 0 Å². The van der Waals surface area contributed by atoms with Crippen LogP contribution in [0.2, 0.25) is 0 Å². The van der Waals surface area contributed by atoms with Crippen LogP contribution in [0, 0.1) is 6.92 Å². The van der Waals surface area contributed by atoms with E-state index in [4.69, 9.17) is 5.10 Å². The van der Waals surface area contributed by atoms with Crippen molar-refractivity contribution in [3.8, 4) is 0 Å². The molecule has 0 fully saturated rings. The smallest absolute Gasteiger partial charge is 0.273 e. The second-order valence-electron chi connectivity index (χ2n) is 10.1. The van der Waals surface area contributed by atoms with E-state index in [-0.39, 0.29) is 17.2 Å². The number of rotatable bonds is 5. The Labute approximate surface area is 195 Å². The number of benzene rings is 2. The summed E-state index contributed by atoms with van der Waals surface area (Å²) in [5.74, 6) is -0.368. The molecule has 0 aliphatic carbocycles. The Morgan fingerprint density at radius 2 is 1.73 bits per heavy atom. The number of carbonyl (C=O) groups excluding carboxylic acids is 2. The topological polar surface area (TPSA) is 67.2 Å². The number of amides is 2. The fourth-order valence-corrected chi connectivity index (χ4v) is 4.10. The Balaban J connectivity index is 1.69. The van der Waals surface area contributed by atoms with E-state index in [1.54, 1.807) is 9.58 Å². The van der Waals surface area contributed by atoms with E-state index in [1.807, 2.05) is 74.5 Å². The third-order valence-corrected chi connectivity index (χ3v) is 6.31. The van der Waals surface area contributed by atoms with Crippen LogP contribution in [0.5, 0.6) is 0 Å². The molecule has 6 nitrogen and oxygen atoms in total. The van der Waals surface area contributed by atoms with Crippen molar-refractivity contribution in [2.75, 3.05) is 0 Å². The molecule has 0 bridgehead atoms. The molecule has 4 rings (SSSR count). The predicted molar refractivity (Wildman–Crippen MR) is 129 cm³/mol. The average molecular weight is 445 g/mol. The highest BCUT2D eigenvalue weighted by Crippen LogP contribution is 2.32. The van der Waals surface area contributed by atoms with Crippen LogP contribution in [0.4, 0.5) is 0 Å². The standard InChI is InChI=1S/C27H32N4O2/c1-19-11-13-21(14-12-19)17-30-24(32)22-15-23(26(2,3)4)29-31(22)18-27(30,5)25(33)28-16-20-9-7-6-8-10-20/h6-15H,16-18H2,1-5H3,(H,28,33)/t27-/m0/s1. The van der Waals surface area contributed by atoms with E-state index < -0.39 is 5.54 Å². The first-order chi connectivity index (χ1) is 15.6. The van der Waals surface area contributed by atoms with Gasteiger partial charge in [0.15, 0.2) is 0 Å². The van der Waals surface area contributed by atoms with Crippen LogP contribution in [0.15, 0.2) is 60.7 Å². The molecular weight excluding hydrogens is 412 g/mol. The van der Waals surface area contributed by atoms with E-state index in [1.165, 1.54) is 0 Å². The highest BCUT2D eigenvalue weighted by atomic mass is 16.2. The van der Waals surface area contributed by atoms with Gasteiger partial charge in [-0.05, 0) is 31.0 Å². The Hall–Kier alpha value is -3.41. The van der Waals surface area contributed by atoms with Gasteiger partial charge < -0.3 is 10.2 Å². The van der Waals surface area contributed by atoms with Crippen LogP contribution in [0.25, 0.3) is 0 Å². The molecule has 1 atom stereocenters. The first-order valence-electron chi connectivity index (χ1n) is 11.4. The van der Waals surface area contributed by atoms with E-state index in [9.17, 15) is 9.59 Å². The van der Waals surface area contributed by atoms with Crippen molar-refractivity contribution in [1.29, 1.82) is 0 Å². The lowest BCUT2D eigenvalue weighted by Crippen LogP contribution is -2.63. The first-order valence-corrected chi connectivity index (χ1v) is 11.4. The number of aryl methyl sites for hydroxylation is 1. The van der Waals surface area contributed by atoms with Gasteiger partial charge in [-0.2, -0.15) is 5.10 Å². The van der Waals surface area contributed by atoms with Gasteiger partial charge in [-0.15, -0.1) is 0 Å². The Morgan fingerprint density at radius 3 is 2.36 bits per heavy atom. The molecule has 1 aromatic heterocycles. The Bertz CT molecular complexity index is 1160. The maximum Gasteiger partial charge on any atom is 0.273 e. The Morgan fingerprint density at radius 1 is 1.06 bits per heavy atom. The van der Waals surface area contributed by atoms with Crippen LogP contribution in [0.3, 0.4) is 0 Å². The fraction of sp³-hybridized carbons (Fsp3) is 0.370. The van der Waals surface area contributed by atoms with Crippen molar-refractivity contribution in [1.82, 2.24) is 20.0 Å². The lowest BCUT2D eigenvalue weighted by atomic mass is 9.91. The molecule has 2 amide bonds. The molecule has 172 valence electrons. The number of hydrogen-bond donors (Lipinski definition) is 1. The van der Waals surface area contributed by atoms with Crippen molar-refractivity contribution in [2.45, 2.75) is 65.2 Å². The summed E-state index contributed by atoms with van der Waals surface area (Å²) in [5.41, 5.74) is 3.25. The van der Waals surface area contributed by atoms with E-state index in [0.29, 0.717) is 25.3 Å². The van der Waals surface area contributed by atoms with Gasteiger partial charge in [-0.1, -0.05) is 80.9 Å². The summed E-state index contributed by atoms with van der Waals surface area (Å²) in [7, 11) is 0. The molecule has 2 heterocycles. The van der Waals surface area contributed by atoms with Crippen LogP contribution in [-0.4, -0.2) is 32.0 Å². The molecule has 1 N–H and O–H groups in total. The number of fused-ring (bicyclic) bond motifs is 1. The lowest BCUT2D eigenvalue weighted by molar-refractivity contribution is -0.133. The molecule has 3 aromatic rings. The number of hydrogen-bond acceptors (Lipinski definition) is 3. The predicted octanol–water partition coefficient (Wildman–Crippen LogP) is 4.22. The molecule has 0 spiro atoms. The van der Waals surface area contributed by atoms with Gasteiger partial charge in [-0.25, -0.2) is 0 Å². The van der Waals surface area contributed by atoms with Gasteiger partial charge in [0.1, 0.15) is 11.2 Å². The molecule has 0 unspecified atom stereocenters. The quantitative estimate of drug-likeness (QED) is 0.641. The van der Waals surface area contributed by atoms with Crippen molar-refractivity contribution >= 4 is 11.8 Å². The van der Waals surface area contributed by atoms with Gasteiger partial charge in [0, 0.05) is 18.5 Å². The number of carbonyl (C=O) groups is 2. The van der Waals surface area contributed by atoms with Crippen LogP contribution >= 0.6 is 0 Å². The monoisotopic (exact) mass is 444 g/mol. The van der Waals surface area contributed by atoms with Crippen molar-refractivity contribution in [2.24, 2.45) is 0 Å². The molecular formula is C27H32N4O2. The van der Waals surface area contributed by atoms with Gasteiger partial charge >= 0.3 is 0 Å². The molecule has 1 aliphatic heterocycles.